The normalized spacial score (nSPS) is 24.4. The van der Waals surface area contributed by atoms with Crippen LogP contribution in [0.4, 0.5) is 11.4 Å². The van der Waals surface area contributed by atoms with E-state index in [9.17, 15) is 9.59 Å². The van der Waals surface area contributed by atoms with Gasteiger partial charge in [0.25, 0.3) is 0 Å². The Kier molecular flexibility index (Phi) is 4.37. The van der Waals surface area contributed by atoms with Crippen molar-refractivity contribution in [3.05, 3.63) is 23.8 Å². The second kappa shape index (κ2) is 6.67. The molecule has 1 aromatic rings. The Morgan fingerprint density at radius 2 is 1.80 bits per heavy atom. The number of anilines is 2. The van der Waals surface area contributed by atoms with E-state index < -0.39 is 0 Å². The van der Waals surface area contributed by atoms with Gasteiger partial charge in [-0.2, -0.15) is 0 Å². The third-order valence-corrected chi connectivity index (χ3v) is 5.87. The van der Waals surface area contributed by atoms with Crippen molar-refractivity contribution in [3.63, 3.8) is 0 Å². The van der Waals surface area contributed by atoms with Crippen molar-refractivity contribution in [3.8, 4) is 0 Å². The summed E-state index contributed by atoms with van der Waals surface area (Å²) in [7, 11) is 2.04. The van der Waals surface area contributed by atoms with E-state index in [2.05, 4.69) is 38.6 Å². The zero-order chi connectivity index (χ0) is 17.4. The molecule has 1 atom stereocenters. The molecule has 4 rings (SSSR count). The van der Waals surface area contributed by atoms with Crippen molar-refractivity contribution in [2.75, 3.05) is 36.5 Å². The van der Waals surface area contributed by atoms with Gasteiger partial charge in [-0.1, -0.05) is 6.07 Å². The zero-order valence-corrected chi connectivity index (χ0v) is 14.8. The van der Waals surface area contributed by atoms with Crippen LogP contribution in [0.3, 0.4) is 0 Å². The molecule has 6 nitrogen and oxygen atoms in total. The van der Waals surface area contributed by atoms with Crippen LogP contribution >= 0.6 is 0 Å². The summed E-state index contributed by atoms with van der Waals surface area (Å²) >= 11 is 0. The molecule has 25 heavy (non-hydrogen) atoms. The lowest BCUT2D eigenvalue weighted by Gasteiger charge is -2.35. The minimum absolute atomic E-state index is 0.149. The number of imide groups is 1. The molecule has 2 fully saturated rings. The maximum absolute atomic E-state index is 12.3. The Balaban J connectivity index is 1.56. The molecule has 3 aliphatic rings. The maximum atomic E-state index is 12.3. The number of carbonyl (C=O) groups is 2. The fraction of sp³-hybridized carbons (Fsp3) is 0.579. The van der Waals surface area contributed by atoms with Crippen molar-refractivity contribution in [2.45, 2.75) is 44.2 Å². The van der Waals surface area contributed by atoms with E-state index in [1.54, 1.807) is 0 Å². The number of piperidine rings is 2. The van der Waals surface area contributed by atoms with Gasteiger partial charge < -0.3 is 15.1 Å². The van der Waals surface area contributed by atoms with Crippen LogP contribution in [0, 0.1) is 0 Å². The minimum atomic E-state index is -0.218. The van der Waals surface area contributed by atoms with E-state index in [1.165, 1.54) is 16.9 Å². The standard InChI is InChI=1S/C19H26N4O2/c1-20-13-7-10-22(11-8-13)15-3-2-4-16-14(15)9-12-23(16)17-5-6-18(24)21-19(17)25/h2-4,13,17,20H,5-12H2,1H3,(H,21,24,25)/t17-/m0/s1. The smallest absolute Gasteiger partial charge is 0.249 e. The fourth-order valence-electron chi connectivity index (χ4n) is 4.45. The fourth-order valence-corrected chi connectivity index (χ4v) is 4.45. The molecule has 0 spiro atoms. The van der Waals surface area contributed by atoms with Gasteiger partial charge in [-0.25, -0.2) is 0 Å². The maximum Gasteiger partial charge on any atom is 0.249 e. The van der Waals surface area contributed by atoms with Gasteiger partial charge in [0.2, 0.25) is 11.8 Å². The molecule has 134 valence electrons. The third kappa shape index (κ3) is 2.99. The Hall–Kier alpha value is -2.08. The van der Waals surface area contributed by atoms with E-state index in [1.807, 2.05) is 7.05 Å². The van der Waals surface area contributed by atoms with Gasteiger partial charge in [0.05, 0.1) is 0 Å². The molecule has 0 aliphatic carbocycles. The minimum Gasteiger partial charge on any atom is -0.371 e. The topological polar surface area (TPSA) is 64.7 Å². The van der Waals surface area contributed by atoms with Crippen molar-refractivity contribution >= 4 is 23.2 Å². The molecule has 0 aromatic heterocycles. The van der Waals surface area contributed by atoms with Crippen molar-refractivity contribution < 1.29 is 9.59 Å². The van der Waals surface area contributed by atoms with E-state index in [0.717, 1.165) is 38.9 Å². The molecule has 0 radical (unpaired) electrons. The van der Waals surface area contributed by atoms with Gasteiger partial charge in [-0.15, -0.1) is 0 Å². The summed E-state index contributed by atoms with van der Waals surface area (Å²) in [5.41, 5.74) is 3.85. The van der Waals surface area contributed by atoms with E-state index in [-0.39, 0.29) is 17.9 Å². The summed E-state index contributed by atoms with van der Waals surface area (Å²) in [6.07, 6.45) is 4.34. The quantitative estimate of drug-likeness (QED) is 0.804. The van der Waals surface area contributed by atoms with Crippen LogP contribution in [-0.4, -0.2) is 50.6 Å². The van der Waals surface area contributed by atoms with Gasteiger partial charge >= 0.3 is 0 Å². The second-order valence-electron chi connectivity index (χ2n) is 7.24. The Bertz CT molecular complexity index is 682. The third-order valence-electron chi connectivity index (χ3n) is 5.87. The number of nitrogens with one attached hydrogen (secondary N) is 2. The molecule has 0 saturated carbocycles. The predicted molar refractivity (Wildman–Crippen MR) is 98.0 cm³/mol. The lowest BCUT2D eigenvalue weighted by atomic mass is 10.0. The Morgan fingerprint density at radius 3 is 2.52 bits per heavy atom. The average Bonchev–Trinajstić information content (AvgIpc) is 3.06. The van der Waals surface area contributed by atoms with Crippen molar-refractivity contribution in [1.29, 1.82) is 0 Å². The van der Waals surface area contributed by atoms with Crippen LogP contribution in [0.1, 0.15) is 31.2 Å². The van der Waals surface area contributed by atoms with Gasteiger partial charge in [0, 0.05) is 49.0 Å². The molecule has 0 unspecified atom stereocenters. The first-order valence-corrected chi connectivity index (χ1v) is 9.32. The summed E-state index contributed by atoms with van der Waals surface area (Å²) in [5.74, 6) is -0.300. The van der Waals surface area contributed by atoms with Crippen molar-refractivity contribution in [2.24, 2.45) is 0 Å². The number of amides is 2. The first kappa shape index (κ1) is 16.4. The number of nitrogens with zero attached hydrogens (tertiary/aromatic N) is 2. The number of carbonyl (C=O) groups excluding carboxylic acids is 2. The zero-order valence-electron chi connectivity index (χ0n) is 14.8. The lowest BCUT2D eigenvalue weighted by molar-refractivity contribution is -0.134. The Morgan fingerprint density at radius 1 is 1.04 bits per heavy atom. The number of hydrogen-bond donors (Lipinski definition) is 2. The summed E-state index contributed by atoms with van der Waals surface area (Å²) < 4.78 is 0. The van der Waals surface area contributed by atoms with Crippen LogP contribution in [0.25, 0.3) is 0 Å². The van der Waals surface area contributed by atoms with E-state index in [4.69, 9.17) is 0 Å². The van der Waals surface area contributed by atoms with Crippen LogP contribution < -0.4 is 20.4 Å². The van der Waals surface area contributed by atoms with Crippen LogP contribution in [0.5, 0.6) is 0 Å². The molecule has 3 heterocycles. The molecule has 2 N–H and O–H groups in total. The summed E-state index contributed by atoms with van der Waals surface area (Å²) in [5, 5.41) is 5.87. The van der Waals surface area contributed by atoms with Gasteiger partial charge in [0.15, 0.2) is 0 Å². The SMILES string of the molecule is CNC1CCN(c2cccc3c2CCN3[C@H]2CCC(=O)NC2=O)CC1. The van der Waals surface area contributed by atoms with Crippen LogP contribution in [-0.2, 0) is 16.0 Å². The highest BCUT2D eigenvalue weighted by atomic mass is 16.2. The van der Waals surface area contributed by atoms with E-state index >= 15 is 0 Å². The molecule has 2 saturated heterocycles. The average molecular weight is 342 g/mol. The molecule has 1 aromatic carbocycles. The van der Waals surface area contributed by atoms with Gasteiger partial charge in [0.1, 0.15) is 6.04 Å². The van der Waals surface area contributed by atoms with Crippen LogP contribution in [0.15, 0.2) is 18.2 Å². The first-order valence-electron chi connectivity index (χ1n) is 9.32. The monoisotopic (exact) mass is 342 g/mol. The number of fused-ring (bicyclic) bond motifs is 1. The first-order chi connectivity index (χ1) is 12.2. The second-order valence-corrected chi connectivity index (χ2v) is 7.24. The number of rotatable bonds is 3. The number of benzene rings is 1. The molecule has 6 heteroatoms. The summed E-state index contributed by atoms with van der Waals surface area (Å²) in [6, 6.07) is 6.84. The molecular weight excluding hydrogens is 316 g/mol. The summed E-state index contributed by atoms with van der Waals surface area (Å²) in [6.45, 7) is 2.99. The lowest BCUT2D eigenvalue weighted by Crippen LogP contribution is -2.52. The highest BCUT2D eigenvalue weighted by Crippen LogP contribution is 2.38. The molecule has 3 aliphatic heterocycles. The summed E-state index contributed by atoms with van der Waals surface area (Å²) in [4.78, 5) is 28.4. The van der Waals surface area contributed by atoms with Crippen LogP contribution in [0.2, 0.25) is 0 Å². The van der Waals surface area contributed by atoms with E-state index in [0.29, 0.717) is 18.9 Å². The van der Waals surface area contributed by atoms with Gasteiger partial charge in [-0.05, 0) is 44.9 Å². The predicted octanol–water partition coefficient (Wildman–Crippen LogP) is 1.04. The highest BCUT2D eigenvalue weighted by Gasteiger charge is 2.36. The van der Waals surface area contributed by atoms with Crippen molar-refractivity contribution in [1.82, 2.24) is 10.6 Å². The number of hydrogen-bond acceptors (Lipinski definition) is 5. The molecular formula is C19H26N4O2. The Labute approximate surface area is 148 Å². The molecule has 2 amide bonds. The van der Waals surface area contributed by atoms with Gasteiger partial charge in [-0.3, -0.25) is 14.9 Å². The largest absolute Gasteiger partial charge is 0.371 e. The highest BCUT2D eigenvalue weighted by molar-refractivity contribution is 6.02. The molecule has 0 bridgehead atoms.